The fourth-order valence-electron chi connectivity index (χ4n) is 2.75. The Labute approximate surface area is 123 Å². The van der Waals surface area contributed by atoms with Crippen molar-refractivity contribution >= 4 is 17.0 Å². The summed E-state index contributed by atoms with van der Waals surface area (Å²) in [7, 11) is 0. The van der Waals surface area contributed by atoms with Crippen molar-refractivity contribution in [2.45, 2.75) is 44.4 Å². The standard InChI is InChI=1S/C16H20N2O3/c19-13-7-5-12(6-8-13)18-16(20)17-10-14-9-11-3-1-2-4-15(11)21-14/h1-4,9,12-13,19H,5-8,10H2,(H2,17,18,20). The summed E-state index contributed by atoms with van der Waals surface area (Å²) >= 11 is 0. The molecule has 3 rings (SSSR count). The van der Waals surface area contributed by atoms with Crippen LogP contribution in [0, 0.1) is 0 Å². The summed E-state index contributed by atoms with van der Waals surface area (Å²) in [4.78, 5) is 11.9. The lowest BCUT2D eigenvalue weighted by molar-refractivity contribution is 0.117. The number of rotatable bonds is 3. The van der Waals surface area contributed by atoms with E-state index in [0.717, 1.165) is 42.4 Å². The highest BCUT2D eigenvalue weighted by molar-refractivity contribution is 5.78. The highest BCUT2D eigenvalue weighted by Gasteiger charge is 2.20. The van der Waals surface area contributed by atoms with Gasteiger partial charge in [0.15, 0.2) is 0 Å². The molecule has 0 saturated heterocycles. The first-order valence-electron chi connectivity index (χ1n) is 7.40. The van der Waals surface area contributed by atoms with E-state index in [4.69, 9.17) is 4.42 Å². The van der Waals surface area contributed by atoms with Crippen molar-refractivity contribution in [3.63, 3.8) is 0 Å². The summed E-state index contributed by atoms with van der Waals surface area (Å²) in [5, 5.41) is 16.2. The number of hydrogen-bond donors (Lipinski definition) is 3. The fourth-order valence-corrected chi connectivity index (χ4v) is 2.75. The third kappa shape index (κ3) is 3.55. The number of amides is 2. The van der Waals surface area contributed by atoms with Gasteiger partial charge in [-0.1, -0.05) is 18.2 Å². The van der Waals surface area contributed by atoms with Crippen LogP contribution in [-0.4, -0.2) is 23.3 Å². The molecular weight excluding hydrogens is 268 g/mol. The number of para-hydroxylation sites is 1. The van der Waals surface area contributed by atoms with E-state index in [-0.39, 0.29) is 18.2 Å². The topological polar surface area (TPSA) is 74.5 Å². The predicted octanol–water partition coefficient (Wildman–Crippen LogP) is 2.54. The number of nitrogens with one attached hydrogen (secondary N) is 2. The Morgan fingerprint density at radius 1 is 1.24 bits per heavy atom. The van der Waals surface area contributed by atoms with Crippen LogP contribution in [0.1, 0.15) is 31.4 Å². The van der Waals surface area contributed by atoms with E-state index in [9.17, 15) is 9.90 Å². The van der Waals surface area contributed by atoms with E-state index in [1.165, 1.54) is 0 Å². The molecule has 112 valence electrons. The van der Waals surface area contributed by atoms with E-state index >= 15 is 0 Å². The minimum atomic E-state index is -0.207. The molecule has 1 saturated carbocycles. The first-order chi connectivity index (χ1) is 10.2. The molecule has 1 aromatic carbocycles. The van der Waals surface area contributed by atoms with Crippen molar-refractivity contribution in [1.29, 1.82) is 0 Å². The van der Waals surface area contributed by atoms with Gasteiger partial charge in [-0.2, -0.15) is 0 Å². The van der Waals surface area contributed by atoms with Gasteiger partial charge in [0.25, 0.3) is 0 Å². The molecule has 21 heavy (non-hydrogen) atoms. The number of benzene rings is 1. The molecule has 2 amide bonds. The number of carbonyl (C=O) groups is 1. The van der Waals surface area contributed by atoms with Gasteiger partial charge in [-0.15, -0.1) is 0 Å². The van der Waals surface area contributed by atoms with Crippen LogP contribution >= 0.6 is 0 Å². The van der Waals surface area contributed by atoms with Crippen LogP contribution in [-0.2, 0) is 6.54 Å². The maximum atomic E-state index is 11.9. The molecule has 0 unspecified atom stereocenters. The van der Waals surface area contributed by atoms with Gasteiger partial charge < -0.3 is 20.2 Å². The van der Waals surface area contributed by atoms with E-state index in [1.54, 1.807) is 0 Å². The van der Waals surface area contributed by atoms with E-state index in [2.05, 4.69) is 10.6 Å². The number of furan rings is 1. The zero-order chi connectivity index (χ0) is 14.7. The van der Waals surface area contributed by atoms with Crippen molar-refractivity contribution < 1.29 is 14.3 Å². The molecule has 1 aliphatic carbocycles. The van der Waals surface area contributed by atoms with Gasteiger partial charge in [0.1, 0.15) is 11.3 Å². The monoisotopic (exact) mass is 288 g/mol. The highest BCUT2D eigenvalue weighted by Crippen LogP contribution is 2.19. The fraction of sp³-hybridized carbons (Fsp3) is 0.438. The molecule has 5 heteroatoms. The Morgan fingerprint density at radius 2 is 2.00 bits per heavy atom. The molecule has 0 radical (unpaired) electrons. The molecule has 1 heterocycles. The van der Waals surface area contributed by atoms with Crippen LogP contribution in [0.15, 0.2) is 34.7 Å². The zero-order valence-corrected chi connectivity index (χ0v) is 11.8. The third-order valence-electron chi connectivity index (χ3n) is 3.93. The smallest absolute Gasteiger partial charge is 0.315 e. The molecule has 2 aromatic rings. The summed E-state index contributed by atoms with van der Waals surface area (Å²) in [6, 6.07) is 9.68. The van der Waals surface area contributed by atoms with E-state index in [1.807, 2.05) is 30.3 Å². The SMILES string of the molecule is O=C(NCc1cc2ccccc2o1)NC1CCC(O)CC1. The zero-order valence-electron chi connectivity index (χ0n) is 11.8. The van der Waals surface area contributed by atoms with Crippen LogP contribution in [0.2, 0.25) is 0 Å². The second-order valence-corrected chi connectivity index (χ2v) is 5.58. The molecular formula is C16H20N2O3. The Morgan fingerprint density at radius 3 is 2.76 bits per heavy atom. The van der Waals surface area contributed by atoms with Crippen molar-refractivity contribution in [2.75, 3.05) is 0 Å². The van der Waals surface area contributed by atoms with Crippen LogP contribution in [0.5, 0.6) is 0 Å². The van der Waals surface area contributed by atoms with Crippen molar-refractivity contribution in [2.24, 2.45) is 0 Å². The number of fused-ring (bicyclic) bond motifs is 1. The van der Waals surface area contributed by atoms with E-state index in [0.29, 0.717) is 6.54 Å². The minimum absolute atomic E-state index is 0.157. The highest BCUT2D eigenvalue weighted by atomic mass is 16.3. The first kappa shape index (κ1) is 13.9. The van der Waals surface area contributed by atoms with Gasteiger partial charge in [-0.25, -0.2) is 4.79 Å². The second kappa shape index (κ2) is 6.18. The van der Waals surface area contributed by atoms with Crippen LogP contribution in [0.4, 0.5) is 4.79 Å². The van der Waals surface area contributed by atoms with E-state index < -0.39 is 0 Å². The molecule has 1 fully saturated rings. The predicted molar refractivity (Wildman–Crippen MR) is 79.8 cm³/mol. The van der Waals surface area contributed by atoms with Crippen molar-refractivity contribution in [3.8, 4) is 0 Å². The van der Waals surface area contributed by atoms with Gasteiger partial charge >= 0.3 is 6.03 Å². The molecule has 1 aromatic heterocycles. The molecule has 0 bridgehead atoms. The summed E-state index contributed by atoms with van der Waals surface area (Å²) < 4.78 is 5.65. The Balaban J connectivity index is 1.49. The molecule has 0 aliphatic heterocycles. The lowest BCUT2D eigenvalue weighted by Crippen LogP contribution is -2.43. The van der Waals surface area contributed by atoms with Gasteiger partial charge in [0.05, 0.1) is 12.6 Å². The molecule has 0 atom stereocenters. The maximum Gasteiger partial charge on any atom is 0.315 e. The van der Waals surface area contributed by atoms with Crippen molar-refractivity contribution in [1.82, 2.24) is 10.6 Å². The molecule has 3 N–H and O–H groups in total. The number of aliphatic hydroxyl groups is 1. The Kier molecular flexibility index (Phi) is 4.10. The summed E-state index contributed by atoms with van der Waals surface area (Å²) in [6.45, 7) is 0.371. The summed E-state index contributed by atoms with van der Waals surface area (Å²) in [5.41, 5.74) is 0.830. The van der Waals surface area contributed by atoms with Gasteiger partial charge in [0, 0.05) is 11.4 Å². The quantitative estimate of drug-likeness (QED) is 0.812. The number of hydrogen-bond acceptors (Lipinski definition) is 3. The van der Waals surface area contributed by atoms with Gasteiger partial charge in [-0.3, -0.25) is 0 Å². The average molecular weight is 288 g/mol. The lowest BCUT2D eigenvalue weighted by atomic mass is 9.93. The summed E-state index contributed by atoms with van der Waals surface area (Å²) in [5.74, 6) is 0.741. The number of aliphatic hydroxyl groups excluding tert-OH is 1. The number of urea groups is 1. The molecule has 0 spiro atoms. The largest absolute Gasteiger partial charge is 0.459 e. The molecule has 1 aliphatic rings. The van der Waals surface area contributed by atoms with Crippen LogP contribution in [0.3, 0.4) is 0 Å². The lowest BCUT2D eigenvalue weighted by Gasteiger charge is -2.26. The Hall–Kier alpha value is -2.01. The minimum Gasteiger partial charge on any atom is -0.459 e. The van der Waals surface area contributed by atoms with Gasteiger partial charge in [0.2, 0.25) is 0 Å². The van der Waals surface area contributed by atoms with Crippen LogP contribution < -0.4 is 10.6 Å². The third-order valence-corrected chi connectivity index (χ3v) is 3.93. The van der Waals surface area contributed by atoms with Crippen LogP contribution in [0.25, 0.3) is 11.0 Å². The summed E-state index contributed by atoms with van der Waals surface area (Å²) in [6.07, 6.45) is 2.98. The van der Waals surface area contributed by atoms with Crippen molar-refractivity contribution in [3.05, 3.63) is 36.1 Å². The first-order valence-corrected chi connectivity index (χ1v) is 7.40. The second-order valence-electron chi connectivity index (χ2n) is 5.58. The maximum absolute atomic E-state index is 11.9. The normalized spacial score (nSPS) is 22.1. The van der Waals surface area contributed by atoms with Gasteiger partial charge in [-0.05, 0) is 37.8 Å². The molecule has 5 nitrogen and oxygen atoms in total. The number of carbonyl (C=O) groups excluding carboxylic acids is 1. The Bertz CT molecular complexity index is 582. The average Bonchev–Trinajstić information content (AvgIpc) is 2.90.